The molecule has 0 spiro atoms. The number of benzene rings is 1. The first kappa shape index (κ1) is 13.4. The standard InChI is InChI=1S/C16H23N3O/c1-20-15-7-4-12(16(17)18)8-13(15)10-19(14-5-6-14)9-11-2-3-11/h4,7-8,11,14H,2-3,5-6,9-10H2,1H3,(H3,17,18). The minimum Gasteiger partial charge on any atom is -0.496 e. The van der Waals surface area contributed by atoms with Crippen LogP contribution in [0, 0.1) is 11.3 Å². The van der Waals surface area contributed by atoms with Gasteiger partial charge in [-0.3, -0.25) is 10.3 Å². The van der Waals surface area contributed by atoms with Crippen molar-refractivity contribution in [3.8, 4) is 5.75 Å². The van der Waals surface area contributed by atoms with Gasteiger partial charge in [0.05, 0.1) is 7.11 Å². The van der Waals surface area contributed by atoms with Crippen LogP contribution < -0.4 is 10.5 Å². The lowest BCUT2D eigenvalue weighted by atomic mass is 10.1. The van der Waals surface area contributed by atoms with E-state index in [1.54, 1.807) is 7.11 Å². The Kier molecular flexibility index (Phi) is 3.66. The third-order valence-electron chi connectivity index (χ3n) is 4.22. The summed E-state index contributed by atoms with van der Waals surface area (Å²) in [5.41, 5.74) is 7.52. The predicted octanol–water partition coefficient (Wildman–Crippen LogP) is 2.35. The second kappa shape index (κ2) is 5.44. The Morgan fingerprint density at radius 2 is 2.10 bits per heavy atom. The van der Waals surface area contributed by atoms with Crippen LogP contribution in [0.4, 0.5) is 0 Å². The largest absolute Gasteiger partial charge is 0.496 e. The molecule has 0 aliphatic heterocycles. The monoisotopic (exact) mass is 273 g/mol. The Bertz CT molecular complexity index is 506. The smallest absolute Gasteiger partial charge is 0.123 e. The number of methoxy groups -OCH3 is 1. The molecule has 4 heteroatoms. The summed E-state index contributed by atoms with van der Waals surface area (Å²) < 4.78 is 5.46. The van der Waals surface area contributed by atoms with Gasteiger partial charge in [0.1, 0.15) is 11.6 Å². The molecule has 4 nitrogen and oxygen atoms in total. The molecule has 3 N–H and O–H groups in total. The maximum absolute atomic E-state index is 7.59. The number of nitrogens with zero attached hydrogens (tertiary/aromatic N) is 1. The Labute approximate surface area is 120 Å². The summed E-state index contributed by atoms with van der Waals surface area (Å²) in [5.74, 6) is 1.92. The van der Waals surface area contributed by atoms with Gasteiger partial charge in [-0.25, -0.2) is 0 Å². The number of nitrogens with two attached hydrogens (primary N) is 1. The number of hydrogen-bond donors (Lipinski definition) is 2. The van der Waals surface area contributed by atoms with E-state index in [4.69, 9.17) is 15.9 Å². The molecule has 0 saturated heterocycles. The topological polar surface area (TPSA) is 62.3 Å². The van der Waals surface area contributed by atoms with E-state index in [9.17, 15) is 0 Å². The van der Waals surface area contributed by atoms with Crippen molar-refractivity contribution in [1.29, 1.82) is 5.41 Å². The lowest BCUT2D eigenvalue weighted by Gasteiger charge is -2.23. The Hall–Kier alpha value is -1.55. The van der Waals surface area contributed by atoms with Crippen molar-refractivity contribution < 1.29 is 4.74 Å². The van der Waals surface area contributed by atoms with Gasteiger partial charge in [-0.2, -0.15) is 0 Å². The first-order valence-electron chi connectivity index (χ1n) is 7.42. The van der Waals surface area contributed by atoms with Gasteiger partial charge in [-0.15, -0.1) is 0 Å². The molecule has 0 aromatic heterocycles. The summed E-state index contributed by atoms with van der Waals surface area (Å²) in [6.07, 6.45) is 5.41. The zero-order valence-electron chi connectivity index (χ0n) is 12.1. The first-order valence-corrected chi connectivity index (χ1v) is 7.42. The fraction of sp³-hybridized carbons (Fsp3) is 0.562. The summed E-state index contributed by atoms with van der Waals surface area (Å²) in [4.78, 5) is 2.58. The van der Waals surface area contributed by atoms with Crippen molar-refractivity contribution in [2.75, 3.05) is 13.7 Å². The van der Waals surface area contributed by atoms with Crippen molar-refractivity contribution in [1.82, 2.24) is 4.90 Å². The highest BCUT2D eigenvalue weighted by molar-refractivity contribution is 5.95. The first-order chi connectivity index (χ1) is 9.67. The van der Waals surface area contributed by atoms with E-state index in [1.807, 2.05) is 18.2 Å². The van der Waals surface area contributed by atoms with E-state index >= 15 is 0 Å². The fourth-order valence-electron chi connectivity index (χ4n) is 2.70. The average Bonchev–Trinajstić information content (AvgIpc) is 3.30. The number of ether oxygens (including phenoxy) is 1. The van der Waals surface area contributed by atoms with Crippen molar-refractivity contribution >= 4 is 5.84 Å². The second-order valence-electron chi connectivity index (χ2n) is 6.04. The molecular weight excluding hydrogens is 250 g/mol. The van der Waals surface area contributed by atoms with Gasteiger partial charge in [0.2, 0.25) is 0 Å². The third kappa shape index (κ3) is 3.12. The molecule has 0 radical (unpaired) electrons. The number of rotatable bonds is 7. The van der Waals surface area contributed by atoms with Crippen LogP contribution in [0.1, 0.15) is 36.8 Å². The van der Waals surface area contributed by atoms with Gasteiger partial charge in [0, 0.05) is 30.3 Å². The molecule has 0 amide bonds. The van der Waals surface area contributed by atoms with E-state index < -0.39 is 0 Å². The molecule has 1 aromatic rings. The molecule has 0 atom stereocenters. The minimum atomic E-state index is 0.120. The van der Waals surface area contributed by atoms with Gasteiger partial charge in [-0.05, 0) is 49.8 Å². The van der Waals surface area contributed by atoms with Gasteiger partial charge >= 0.3 is 0 Å². The van der Waals surface area contributed by atoms with Gasteiger partial charge in [-0.1, -0.05) is 0 Å². The maximum Gasteiger partial charge on any atom is 0.123 e. The summed E-state index contributed by atoms with van der Waals surface area (Å²) in [7, 11) is 1.70. The Morgan fingerprint density at radius 1 is 1.35 bits per heavy atom. The van der Waals surface area contributed by atoms with E-state index in [2.05, 4.69) is 4.90 Å². The number of nitrogen functional groups attached to an aromatic ring is 1. The number of amidine groups is 1. The average molecular weight is 273 g/mol. The van der Waals surface area contributed by atoms with Crippen molar-refractivity contribution in [2.45, 2.75) is 38.3 Å². The van der Waals surface area contributed by atoms with Crippen LogP contribution in [0.5, 0.6) is 5.75 Å². The molecule has 2 fully saturated rings. The Morgan fingerprint density at radius 3 is 2.65 bits per heavy atom. The quantitative estimate of drug-likeness (QED) is 0.592. The normalized spacial score (nSPS) is 18.3. The molecule has 0 bridgehead atoms. The molecule has 2 aliphatic rings. The van der Waals surface area contributed by atoms with Crippen molar-refractivity contribution in [3.05, 3.63) is 29.3 Å². The molecule has 0 unspecified atom stereocenters. The molecule has 2 saturated carbocycles. The molecule has 108 valence electrons. The fourth-order valence-corrected chi connectivity index (χ4v) is 2.70. The minimum absolute atomic E-state index is 0.120. The highest BCUT2D eigenvalue weighted by Gasteiger charge is 2.33. The van der Waals surface area contributed by atoms with Crippen LogP contribution in [-0.2, 0) is 6.54 Å². The Balaban J connectivity index is 1.78. The van der Waals surface area contributed by atoms with Crippen LogP contribution >= 0.6 is 0 Å². The van der Waals surface area contributed by atoms with Crippen LogP contribution in [0.2, 0.25) is 0 Å². The van der Waals surface area contributed by atoms with Crippen LogP contribution in [-0.4, -0.2) is 30.4 Å². The molecule has 3 rings (SSSR count). The number of nitrogens with one attached hydrogen (secondary N) is 1. The number of hydrogen-bond acceptors (Lipinski definition) is 3. The van der Waals surface area contributed by atoms with Crippen LogP contribution in [0.25, 0.3) is 0 Å². The van der Waals surface area contributed by atoms with E-state index in [0.717, 1.165) is 35.4 Å². The third-order valence-corrected chi connectivity index (χ3v) is 4.22. The highest BCUT2D eigenvalue weighted by atomic mass is 16.5. The molecular formula is C16H23N3O. The summed E-state index contributed by atoms with van der Waals surface area (Å²) in [6, 6.07) is 6.53. The lowest BCUT2D eigenvalue weighted by Crippen LogP contribution is -2.28. The molecule has 20 heavy (non-hydrogen) atoms. The zero-order valence-corrected chi connectivity index (χ0v) is 12.1. The van der Waals surface area contributed by atoms with Gasteiger partial charge in [0.15, 0.2) is 0 Å². The van der Waals surface area contributed by atoms with Crippen LogP contribution in [0.3, 0.4) is 0 Å². The van der Waals surface area contributed by atoms with E-state index in [1.165, 1.54) is 32.2 Å². The predicted molar refractivity (Wildman–Crippen MR) is 80.2 cm³/mol. The van der Waals surface area contributed by atoms with Crippen molar-refractivity contribution in [3.63, 3.8) is 0 Å². The van der Waals surface area contributed by atoms with Gasteiger partial charge in [0.25, 0.3) is 0 Å². The van der Waals surface area contributed by atoms with E-state index in [-0.39, 0.29) is 5.84 Å². The molecule has 2 aliphatic carbocycles. The van der Waals surface area contributed by atoms with Crippen molar-refractivity contribution in [2.24, 2.45) is 11.7 Å². The van der Waals surface area contributed by atoms with E-state index in [0.29, 0.717) is 0 Å². The highest BCUT2D eigenvalue weighted by Crippen LogP contribution is 2.36. The summed E-state index contributed by atoms with van der Waals surface area (Å²) >= 11 is 0. The molecule has 1 aromatic carbocycles. The maximum atomic E-state index is 7.59. The summed E-state index contributed by atoms with van der Waals surface area (Å²) in [6.45, 7) is 2.11. The molecule has 0 heterocycles. The lowest BCUT2D eigenvalue weighted by molar-refractivity contribution is 0.240. The SMILES string of the molecule is COc1ccc(C(=N)N)cc1CN(CC1CC1)C1CC1. The second-order valence-corrected chi connectivity index (χ2v) is 6.04. The van der Waals surface area contributed by atoms with Crippen LogP contribution in [0.15, 0.2) is 18.2 Å². The zero-order chi connectivity index (χ0) is 14.1. The van der Waals surface area contributed by atoms with Gasteiger partial charge < -0.3 is 10.5 Å². The summed E-state index contributed by atoms with van der Waals surface area (Å²) in [5, 5.41) is 7.59.